The molecule has 6 nitrogen and oxygen atoms in total. The molecule has 3 rings (SSSR count). The van der Waals surface area contributed by atoms with E-state index >= 15 is 0 Å². The van der Waals surface area contributed by atoms with Crippen LogP contribution >= 0.6 is 0 Å². The van der Waals surface area contributed by atoms with Gasteiger partial charge in [0.05, 0.1) is 6.54 Å². The SMILES string of the molecule is CCN1CCN(c2ccc(CN=C(N)NCC3CCC3)cn2)CC1. The monoisotopic (exact) mass is 330 g/mol. The average Bonchev–Trinajstić information content (AvgIpc) is 2.59. The van der Waals surface area contributed by atoms with E-state index < -0.39 is 0 Å². The van der Waals surface area contributed by atoms with Gasteiger partial charge in [-0.1, -0.05) is 19.4 Å². The zero-order valence-corrected chi connectivity index (χ0v) is 14.7. The molecule has 0 unspecified atom stereocenters. The van der Waals surface area contributed by atoms with E-state index in [0.29, 0.717) is 12.5 Å². The summed E-state index contributed by atoms with van der Waals surface area (Å²) in [6.07, 6.45) is 5.91. The average molecular weight is 330 g/mol. The van der Waals surface area contributed by atoms with Crippen LogP contribution in [-0.4, -0.2) is 55.1 Å². The molecule has 0 spiro atoms. The van der Waals surface area contributed by atoms with Gasteiger partial charge in [0.25, 0.3) is 0 Å². The molecule has 2 heterocycles. The highest BCUT2D eigenvalue weighted by molar-refractivity contribution is 5.77. The molecule has 1 aromatic rings. The summed E-state index contributed by atoms with van der Waals surface area (Å²) < 4.78 is 0. The summed E-state index contributed by atoms with van der Waals surface area (Å²) in [6.45, 7) is 9.23. The lowest BCUT2D eigenvalue weighted by Crippen LogP contribution is -2.46. The molecule has 1 aliphatic carbocycles. The number of aliphatic imine (C=N–C) groups is 1. The topological polar surface area (TPSA) is 69.8 Å². The first-order valence-corrected chi connectivity index (χ1v) is 9.20. The Morgan fingerprint density at radius 2 is 2.08 bits per heavy atom. The van der Waals surface area contributed by atoms with Crippen molar-refractivity contribution >= 4 is 11.8 Å². The van der Waals surface area contributed by atoms with Crippen molar-refractivity contribution in [3.05, 3.63) is 23.9 Å². The summed E-state index contributed by atoms with van der Waals surface area (Å²) in [5.41, 5.74) is 7.02. The molecule has 6 heteroatoms. The van der Waals surface area contributed by atoms with Gasteiger partial charge in [-0.15, -0.1) is 0 Å². The van der Waals surface area contributed by atoms with E-state index in [0.717, 1.165) is 56.6 Å². The predicted molar refractivity (Wildman–Crippen MR) is 99.2 cm³/mol. The van der Waals surface area contributed by atoms with E-state index in [9.17, 15) is 0 Å². The minimum Gasteiger partial charge on any atom is -0.370 e. The van der Waals surface area contributed by atoms with Crippen molar-refractivity contribution in [2.75, 3.05) is 44.2 Å². The van der Waals surface area contributed by atoms with Crippen molar-refractivity contribution in [3.63, 3.8) is 0 Å². The summed E-state index contributed by atoms with van der Waals surface area (Å²) in [4.78, 5) is 13.8. The van der Waals surface area contributed by atoms with Crippen LogP contribution in [0, 0.1) is 5.92 Å². The maximum absolute atomic E-state index is 5.93. The molecule has 0 amide bonds. The van der Waals surface area contributed by atoms with Gasteiger partial charge in [-0.2, -0.15) is 0 Å². The summed E-state index contributed by atoms with van der Waals surface area (Å²) in [6, 6.07) is 4.21. The molecule has 0 radical (unpaired) electrons. The Morgan fingerprint density at radius 3 is 2.67 bits per heavy atom. The molecule has 1 saturated carbocycles. The Labute approximate surface area is 145 Å². The van der Waals surface area contributed by atoms with Crippen molar-refractivity contribution in [2.24, 2.45) is 16.6 Å². The second-order valence-corrected chi connectivity index (χ2v) is 6.83. The van der Waals surface area contributed by atoms with E-state index in [1.165, 1.54) is 19.3 Å². The highest BCUT2D eigenvalue weighted by Gasteiger charge is 2.17. The number of likely N-dealkylation sites (N-methyl/N-ethyl adjacent to an activating group) is 1. The van der Waals surface area contributed by atoms with Crippen molar-refractivity contribution in [3.8, 4) is 0 Å². The lowest BCUT2D eigenvalue weighted by Gasteiger charge is -2.34. The Morgan fingerprint density at radius 1 is 1.29 bits per heavy atom. The normalized spacial score (nSPS) is 20.0. The van der Waals surface area contributed by atoms with Gasteiger partial charge >= 0.3 is 0 Å². The number of nitrogens with two attached hydrogens (primary N) is 1. The molecule has 2 aliphatic rings. The van der Waals surface area contributed by atoms with Gasteiger partial charge in [-0.3, -0.25) is 0 Å². The molecular formula is C18H30N6. The fraction of sp³-hybridized carbons (Fsp3) is 0.667. The van der Waals surface area contributed by atoms with Crippen LogP contribution in [0.4, 0.5) is 5.82 Å². The Hall–Kier alpha value is -1.82. The molecule has 1 saturated heterocycles. The Balaban J connectivity index is 1.45. The highest BCUT2D eigenvalue weighted by atomic mass is 15.3. The number of hydrogen-bond donors (Lipinski definition) is 2. The second kappa shape index (κ2) is 8.33. The van der Waals surface area contributed by atoms with Gasteiger partial charge in [0.2, 0.25) is 0 Å². The summed E-state index contributed by atoms with van der Waals surface area (Å²) in [7, 11) is 0. The van der Waals surface area contributed by atoms with Crippen LogP contribution in [-0.2, 0) is 6.54 Å². The molecule has 0 aromatic carbocycles. The minimum atomic E-state index is 0.543. The number of hydrogen-bond acceptors (Lipinski definition) is 4. The highest BCUT2D eigenvalue weighted by Crippen LogP contribution is 2.25. The molecule has 0 atom stereocenters. The molecule has 0 bridgehead atoms. The predicted octanol–water partition coefficient (Wildman–Crippen LogP) is 1.43. The zero-order valence-electron chi connectivity index (χ0n) is 14.7. The summed E-state index contributed by atoms with van der Waals surface area (Å²) in [5.74, 6) is 2.39. The number of nitrogens with zero attached hydrogens (tertiary/aromatic N) is 4. The van der Waals surface area contributed by atoms with Crippen LogP contribution < -0.4 is 16.0 Å². The largest absolute Gasteiger partial charge is 0.370 e. The third-order valence-electron chi connectivity index (χ3n) is 5.18. The van der Waals surface area contributed by atoms with Gasteiger partial charge in [-0.25, -0.2) is 9.98 Å². The van der Waals surface area contributed by atoms with Crippen LogP contribution in [0.15, 0.2) is 23.3 Å². The first kappa shape index (κ1) is 17.0. The zero-order chi connectivity index (χ0) is 16.8. The van der Waals surface area contributed by atoms with Crippen LogP contribution in [0.3, 0.4) is 0 Å². The maximum atomic E-state index is 5.93. The second-order valence-electron chi connectivity index (χ2n) is 6.83. The fourth-order valence-corrected chi connectivity index (χ4v) is 3.17. The Kier molecular flexibility index (Phi) is 5.91. The number of anilines is 1. The molecular weight excluding hydrogens is 300 g/mol. The van der Waals surface area contributed by atoms with Crippen molar-refractivity contribution in [1.29, 1.82) is 0 Å². The third-order valence-corrected chi connectivity index (χ3v) is 5.18. The van der Waals surface area contributed by atoms with Gasteiger partial charge in [0.15, 0.2) is 5.96 Å². The van der Waals surface area contributed by atoms with Gasteiger partial charge in [-0.05, 0) is 36.9 Å². The van der Waals surface area contributed by atoms with E-state index in [2.05, 4.69) is 44.1 Å². The number of rotatable bonds is 6. The molecule has 132 valence electrons. The van der Waals surface area contributed by atoms with Crippen molar-refractivity contribution < 1.29 is 0 Å². The quantitative estimate of drug-likeness (QED) is 0.610. The van der Waals surface area contributed by atoms with Crippen LogP contribution in [0.5, 0.6) is 0 Å². The lowest BCUT2D eigenvalue weighted by molar-refractivity contribution is 0.270. The van der Waals surface area contributed by atoms with Crippen molar-refractivity contribution in [2.45, 2.75) is 32.7 Å². The number of piperazine rings is 1. The molecule has 24 heavy (non-hydrogen) atoms. The van der Waals surface area contributed by atoms with Gasteiger partial charge < -0.3 is 20.9 Å². The van der Waals surface area contributed by atoms with E-state index in [1.54, 1.807) is 0 Å². The first-order chi connectivity index (χ1) is 11.7. The standard InChI is InChI=1S/C18H30N6/c1-2-23-8-10-24(11-9-23)17-7-6-16(13-20-17)14-22-18(19)21-12-15-4-3-5-15/h6-7,13,15H,2-5,8-12,14H2,1H3,(H3,19,21,22). The first-order valence-electron chi connectivity index (χ1n) is 9.20. The van der Waals surface area contributed by atoms with Crippen LogP contribution in [0.25, 0.3) is 0 Å². The minimum absolute atomic E-state index is 0.543. The number of guanidine groups is 1. The maximum Gasteiger partial charge on any atom is 0.188 e. The fourth-order valence-electron chi connectivity index (χ4n) is 3.17. The number of pyridine rings is 1. The Bertz CT molecular complexity index is 529. The molecule has 2 fully saturated rings. The van der Waals surface area contributed by atoms with Crippen LogP contribution in [0.2, 0.25) is 0 Å². The number of nitrogens with one attached hydrogen (secondary N) is 1. The van der Waals surface area contributed by atoms with Crippen LogP contribution in [0.1, 0.15) is 31.7 Å². The van der Waals surface area contributed by atoms with E-state index in [-0.39, 0.29) is 0 Å². The number of aromatic nitrogens is 1. The van der Waals surface area contributed by atoms with E-state index in [1.807, 2.05) is 6.20 Å². The van der Waals surface area contributed by atoms with Crippen molar-refractivity contribution in [1.82, 2.24) is 15.2 Å². The molecule has 1 aromatic heterocycles. The summed E-state index contributed by atoms with van der Waals surface area (Å²) in [5, 5.41) is 3.22. The smallest absolute Gasteiger partial charge is 0.188 e. The summed E-state index contributed by atoms with van der Waals surface area (Å²) >= 11 is 0. The third kappa shape index (κ3) is 4.60. The molecule has 1 aliphatic heterocycles. The van der Waals surface area contributed by atoms with E-state index in [4.69, 9.17) is 5.73 Å². The lowest BCUT2D eigenvalue weighted by atomic mass is 9.85. The molecule has 3 N–H and O–H groups in total. The van der Waals surface area contributed by atoms with Gasteiger partial charge in [0.1, 0.15) is 5.82 Å². The van der Waals surface area contributed by atoms with Gasteiger partial charge in [0, 0.05) is 38.9 Å².